The molecule has 0 aromatic carbocycles. The highest BCUT2D eigenvalue weighted by Gasteiger charge is 2.21. The van der Waals surface area contributed by atoms with Crippen LogP contribution >= 0.6 is 0 Å². The van der Waals surface area contributed by atoms with Crippen LogP contribution in [0.2, 0.25) is 0 Å². The highest BCUT2D eigenvalue weighted by atomic mass is 15.2. The molecule has 18 heavy (non-hydrogen) atoms. The molecule has 1 fully saturated rings. The van der Waals surface area contributed by atoms with Crippen LogP contribution in [0.1, 0.15) is 65.7 Å². The number of hydrogen-bond donors (Lipinski definition) is 1. The standard InChI is InChI=1S/C16H34N2/c1-4-7-10-16(6-3)18(12-5-2)14-15-9-8-11-17-13-15/h15-17H,4-14H2,1-3H3. The molecule has 1 aliphatic rings. The molecule has 0 amide bonds. The van der Waals surface area contributed by atoms with E-state index in [-0.39, 0.29) is 0 Å². The fraction of sp³-hybridized carbons (Fsp3) is 1.00. The third-order valence-electron chi connectivity index (χ3n) is 4.28. The van der Waals surface area contributed by atoms with Gasteiger partial charge in [-0.15, -0.1) is 0 Å². The molecule has 2 unspecified atom stereocenters. The van der Waals surface area contributed by atoms with E-state index in [0.29, 0.717) is 0 Å². The highest BCUT2D eigenvalue weighted by Crippen LogP contribution is 2.18. The lowest BCUT2D eigenvalue weighted by atomic mass is 9.97. The number of unbranched alkanes of at least 4 members (excludes halogenated alkanes) is 1. The Morgan fingerprint density at radius 3 is 2.61 bits per heavy atom. The van der Waals surface area contributed by atoms with E-state index in [2.05, 4.69) is 31.0 Å². The van der Waals surface area contributed by atoms with Crippen molar-refractivity contribution in [3.63, 3.8) is 0 Å². The SMILES string of the molecule is CCCCC(CC)N(CCC)CC1CCCNC1. The Bertz CT molecular complexity index is 188. The second-order valence-corrected chi connectivity index (χ2v) is 5.91. The first-order chi connectivity index (χ1) is 8.81. The molecule has 1 aliphatic heterocycles. The number of hydrogen-bond acceptors (Lipinski definition) is 2. The van der Waals surface area contributed by atoms with Gasteiger partial charge < -0.3 is 10.2 Å². The van der Waals surface area contributed by atoms with Gasteiger partial charge in [-0.1, -0.05) is 33.6 Å². The zero-order chi connectivity index (χ0) is 13.2. The summed E-state index contributed by atoms with van der Waals surface area (Å²) in [6.07, 6.45) is 9.53. The normalized spacial score (nSPS) is 22.3. The number of rotatable bonds is 9. The Kier molecular flexibility index (Phi) is 8.70. The van der Waals surface area contributed by atoms with Crippen molar-refractivity contribution in [2.24, 2.45) is 5.92 Å². The summed E-state index contributed by atoms with van der Waals surface area (Å²) < 4.78 is 0. The maximum atomic E-state index is 3.56. The topological polar surface area (TPSA) is 15.3 Å². The smallest absolute Gasteiger partial charge is 0.00927 e. The molecule has 0 spiro atoms. The quantitative estimate of drug-likeness (QED) is 0.675. The van der Waals surface area contributed by atoms with Crippen LogP contribution in [0.25, 0.3) is 0 Å². The highest BCUT2D eigenvalue weighted by molar-refractivity contribution is 4.77. The predicted octanol–water partition coefficient (Wildman–Crippen LogP) is 3.67. The lowest BCUT2D eigenvalue weighted by molar-refractivity contribution is 0.141. The van der Waals surface area contributed by atoms with Crippen molar-refractivity contribution in [3.05, 3.63) is 0 Å². The molecule has 0 radical (unpaired) electrons. The summed E-state index contributed by atoms with van der Waals surface area (Å²) in [6.45, 7) is 12.1. The van der Waals surface area contributed by atoms with Gasteiger partial charge in [-0.2, -0.15) is 0 Å². The summed E-state index contributed by atoms with van der Waals surface area (Å²) in [5, 5.41) is 3.56. The van der Waals surface area contributed by atoms with Crippen LogP contribution in [0.5, 0.6) is 0 Å². The Hall–Kier alpha value is -0.0800. The first kappa shape index (κ1) is 16.0. The fourth-order valence-electron chi connectivity index (χ4n) is 3.21. The number of nitrogens with one attached hydrogen (secondary N) is 1. The second kappa shape index (κ2) is 9.80. The molecular weight excluding hydrogens is 220 g/mol. The van der Waals surface area contributed by atoms with Crippen molar-refractivity contribution in [1.82, 2.24) is 10.2 Å². The summed E-state index contributed by atoms with van der Waals surface area (Å²) in [5.74, 6) is 0.890. The summed E-state index contributed by atoms with van der Waals surface area (Å²) in [5.41, 5.74) is 0. The van der Waals surface area contributed by atoms with Crippen LogP contribution in [0.3, 0.4) is 0 Å². The minimum atomic E-state index is 0.826. The zero-order valence-electron chi connectivity index (χ0n) is 12.9. The van der Waals surface area contributed by atoms with E-state index in [1.54, 1.807) is 0 Å². The minimum Gasteiger partial charge on any atom is -0.316 e. The van der Waals surface area contributed by atoms with Crippen molar-refractivity contribution in [2.75, 3.05) is 26.2 Å². The van der Waals surface area contributed by atoms with Crippen molar-refractivity contribution < 1.29 is 0 Å². The van der Waals surface area contributed by atoms with Gasteiger partial charge in [-0.05, 0) is 57.7 Å². The van der Waals surface area contributed by atoms with Gasteiger partial charge in [-0.3, -0.25) is 0 Å². The maximum Gasteiger partial charge on any atom is 0.00927 e. The Labute approximate surface area is 115 Å². The lowest BCUT2D eigenvalue weighted by Crippen LogP contribution is -2.43. The largest absolute Gasteiger partial charge is 0.316 e. The third kappa shape index (κ3) is 5.71. The Balaban J connectivity index is 2.44. The van der Waals surface area contributed by atoms with Crippen molar-refractivity contribution in [1.29, 1.82) is 0 Å². The molecule has 0 saturated carbocycles. The molecule has 2 atom stereocenters. The van der Waals surface area contributed by atoms with E-state index in [9.17, 15) is 0 Å². The fourth-order valence-corrected chi connectivity index (χ4v) is 3.21. The van der Waals surface area contributed by atoms with E-state index in [1.807, 2.05) is 0 Å². The second-order valence-electron chi connectivity index (χ2n) is 5.91. The van der Waals surface area contributed by atoms with Gasteiger partial charge in [0.1, 0.15) is 0 Å². The summed E-state index contributed by atoms with van der Waals surface area (Å²) in [7, 11) is 0. The summed E-state index contributed by atoms with van der Waals surface area (Å²) in [6, 6.07) is 0.826. The van der Waals surface area contributed by atoms with Gasteiger partial charge in [0, 0.05) is 12.6 Å². The summed E-state index contributed by atoms with van der Waals surface area (Å²) in [4.78, 5) is 2.79. The van der Waals surface area contributed by atoms with E-state index in [4.69, 9.17) is 0 Å². The van der Waals surface area contributed by atoms with Crippen LogP contribution in [-0.4, -0.2) is 37.1 Å². The molecule has 2 heteroatoms. The van der Waals surface area contributed by atoms with Gasteiger partial charge in [-0.25, -0.2) is 0 Å². The van der Waals surface area contributed by atoms with Gasteiger partial charge in [0.05, 0.1) is 0 Å². The third-order valence-corrected chi connectivity index (χ3v) is 4.28. The first-order valence-corrected chi connectivity index (χ1v) is 8.26. The van der Waals surface area contributed by atoms with Gasteiger partial charge in [0.25, 0.3) is 0 Å². The maximum absolute atomic E-state index is 3.56. The van der Waals surface area contributed by atoms with E-state index < -0.39 is 0 Å². The van der Waals surface area contributed by atoms with Crippen molar-refractivity contribution in [2.45, 2.75) is 71.8 Å². The Morgan fingerprint density at radius 2 is 2.06 bits per heavy atom. The molecule has 1 rings (SSSR count). The monoisotopic (exact) mass is 254 g/mol. The average Bonchev–Trinajstić information content (AvgIpc) is 2.41. The molecule has 0 aromatic heterocycles. The molecule has 0 aliphatic carbocycles. The molecule has 0 bridgehead atoms. The van der Waals surface area contributed by atoms with Crippen LogP contribution in [-0.2, 0) is 0 Å². The predicted molar refractivity (Wildman–Crippen MR) is 81.1 cm³/mol. The summed E-state index contributed by atoms with van der Waals surface area (Å²) >= 11 is 0. The molecular formula is C16H34N2. The van der Waals surface area contributed by atoms with Gasteiger partial charge >= 0.3 is 0 Å². The van der Waals surface area contributed by atoms with Gasteiger partial charge in [0.2, 0.25) is 0 Å². The molecule has 1 heterocycles. The molecule has 108 valence electrons. The van der Waals surface area contributed by atoms with E-state index in [1.165, 1.54) is 71.1 Å². The molecule has 2 nitrogen and oxygen atoms in total. The Morgan fingerprint density at radius 1 is 1.22 bits per heavy atom. The average molecular weight is 254 g/mol. The lowest BCUT2D eigenvalue weighted by Gasteiger charge is -2.35. The van der Waals surface area contributed by atoms with Crippen LogP contribution in [0.15, 0.2) is 0 Å². The van der Waals surface area contributed by atoms with Crippen LogP contribution in [0, 0.1) is 5.92 Å². The first-order valence-electron chi connectivity index (χ1n) is 8.26. The van der Waals surface area contributed by atoms with Crippen molar-refractivity contribution in [3.8, 4) is 0 Å². The number of nitrogens with zero attached hydrogens (tertiary/aromatic N) is 1. The van der Waals surface area contributed by atoms with E-state index >= 15 is 0 Å². The molecule has 0 aromatic rings. The van der Waals surface area contributed by atoms with Crippen LogP contribution < -0.4 is 5.32 Å². The minimum absolute atomic E-state index is 0.826. The van der Waals surface area contributed by atoms with Gasteiger partial charge in [0.15, 0.2) is 0 Å². The van der Waals surface area contributed by atoms with Crippen molar-refractivity contribution >= 4 is 0 Å². The molecule has 1 saturated heterocycles. The number of piperidine rings is 1. The van der Waals surface area contributed by atoms with Crippen LogP contribution in [0.4, 0.5) is 0 Å². The zero-order valence-corrected chi connectivity index (χ0v) is 12.9. The van der Waals surface area contributed by atoms with E-state index in [0.717, 1.165) is 12.0 Å². The molecule has 1 N–H and O–H groups in total.